The molecule has 0 amide bonds. The summed E-state index contributed by atoms with van der Waals surface area (Å²) in [5, 5.41) is 6.73. The van der Waals surface area contributed by atoms with Crippen molar-refractivity contribution in [2.45, 2.75) is 19.5 Å². The van der Waals surface area contributed by atoms with Crippen LogP contribution in [0.25, 0.3) is 10.8 Å². The van der Waals surface area contributed by atoms with Gasteiger partial charge in [0.1, 0.15) is 0 Å². The standard InChI is InChI=1S/C18H17ClN2/c1-13(16-7-4-5-9-18(16)19)21-12-15-11-20-10-14-6-2-3-8-17(14)15/h2-11,13,21H,12H2,1H3/t13-/m1/s1. The van der Waals surface area contributed by atoms with Crippen LogP contribution >= 0.6 is 11.6 Å². The topological polar surface area (TPSA) is 24.9 Å². The Morgan fingerprint density at radius 1 is 1.05 bits per heavy atom. The number of nitrogens with zero attached hydrogens (tertiary/aromatic N) is 1. The first-order chi connectivity index (χ1) is 10.3. The summed E-state index contributed by atoms with van der Waals surface area (Å²) in [4.78, 5) is 4.32. The van der Waals surface area contributed by atoms with Crippen LogP contribution in [0.4, 0.5) is 0 Å². The molecular weight excluding hydrogens is 280 g/mol. The van der Waals surface area contributed by atoms with Gasteiger partial charge in [-0.15, -0.1) is 0 Å². The average Bonchev–Trinajstić information content (AvgIpc) is 2.53. The van der Waals surface area contributed by atoms with Crippen LogP contribution in [0.3, 0.4) is 0 Å². The normalized spacial score (nSPS) is 12.5. The van der Waals surface area contributed by atoms with Crippen LogP contribution in [0, 0.1) is 0 Å². The molecule has 0 radical (unpaired) electrons. The Morgan fingerprint density at radius 3 is 2.67 bits per heavy atom. The predicted molar refractivity (Wildman–Crippen MR) is 88.4 cm³/mol. The number of rotatable bonds is 4. The lowest BCUT2D eigenvalue weighted by Gasteiger charge is -2.16. The molecule has 2 nitrogen and oxygen atoms in total. The van der Waals surface area contributed by atoms with Gasteiger partial charge in [0, 0.05) is 35.4 Å². The number of halogens is 1. The molecule has 0 aliphatic heterocycles. The summed E-state index contributed by atoms with van der Waals surface area (Å²) in [5.74, 6) is 0. The van der Waals surface area contributed by atoms with Crippen LogP contribution in [0.5, 0.6) is 0 Å². The molecule has 3 rings (SSSR count). The van der Waals surface area contributed by atoms with Crippen molar-refractivity contribution in [2.75, 3.05) is 0 Å². The summed E-state index contributed by atoms with van der Waals surface area (Å²) < 4.78 is 0. The van der Waals surface area contributed by atoms with Crippen molar-refractivity contribution in [3.63, 3.8) is 0 Å². The summed E-state index contributed by atoms with van der Waals surface area (Å²) in [6.07, 6.45) is 3.82. The van der Waals surface area contributed by atoms with E-state index in [9.17, 15) is 0 Å². The van der Waals surface area contributed by atoms with Gasteiger partial charge in [0.2, 0.25) is 0 Å². The fourth-order valence-corrected chi connectivity index (χ4v) is 2.82. The molecule has 0 saturated carbocycles. The molecule has 0 fully saturated rings. The fourth-order valence-electron chi connectivity index (χ4n) is 2.52. The van der Waals surface area contributed by atoms with Gasteiger partial charge in [-0.2, -0.15) is 0 Å². The minimum atomic E-state index is 0.192. The maximum Gasteiger partial charge on any atom is 0.0453 e. The smallest absolute Gasteiger partial charge is 0.0453 e. The van der Waals surface area contributed by atoms with Gasteiger partial charge in [0.25, 0.3) is 0 Å². The van der Waals surface area contributed by atoms with Crippen LogP contribution < -0.4 is 5.32 Å². The van der Waals surface area contributed by atoms with Crippen LogP contribution in [0.2, 0.25) is 5.02 Å². The highest BCUT2D eigenvalue weighted by Crippen LogP contribution is 2.23. The van der Waals surface area contributed by atoms with E-state index in [0.29, 0.717) is 0 Å². The highest BCUT2D eigenvalue weighted by molar-refractivity contribution is 6.31. The SMILES string of the molecule is C[C@@H](NCc1cncc2ccccc12)c1ccccc1Cl. The van der Waals surface area contributed by atoms with Crippen LogP contribution in [0.1, 0.15) is 24.1 Å². The molecule has 0 saturated heterocycles. The number of fused-ring (bicyclic) bond motifs is 1. The molecule has 3 heteroatoms. The zero-order chi connectivity index (χ0) is 14.7. The average molecular weight is 297 g/mol. The number of nitrogens with one attached hydrogen (secondary N) is 1. The molecule has 0 spiro atoms. The first-order valence-corrected chi connectivity index (χ1v) is 7.43. The van der Waals surface area contributed by atoms with Crippen LogP contribution in [-0.4, -0.2) is 4.98 Å². The first kappa shape index (κ1) is 14.1. The monoisotopic (exact) mass is 296 g/mol. The highest BCUT2D eigenvalue weighted by atomic mass is 35.5. The van der Waals surface area contributed by atoms with Gasteiger partial charge in [-0.3, -0.25) is 4.98 Å². The molecule has 2 aromatic carbocycles. The molecule has 0 bridgehead atoms. The molecule has 1 N–H and O–H groups in total. The lowest BCUT2D eigenvalue weighted by Crippen LogP contribution is -2.18. The maximum absolute atomic E-state index is 6.24. The molecule has 3 aromatic rings. The van der Waals surface area contributed by atoms with E-state index < -0.39 is 0 Å². The Kier molecular flexibility index (Phi) is 4.18. The van der Waals surface area contributed by atoms with Gasteiger partial charge in [-0.25, -0.2) is 0 Å². The van der Waals surface area contributed by atoms with Gasteiger partial charge in [-0.05, 0) is 29.5 Å². The van der Waals surface area contributed by atoms with Crippen LogP contribution in [0.15, 0.2) is 60.9 Å². The van der Waals surface area contributed by atoms with E-state index in [1.807, 2.05) is 36.7 Å². The fraction of sp³-hybridized carbons (Fsp3) is 0.167. The van der Waals surface area contributed by atoms with Gasteiger partial charge in [-0.1, -0.05) is 54.1 Å². The highest BCUT2D eigenvalue weighted by Gasteiger charge is 2.09. The van der Waals surface area contributed by atoms with Crippen molar-refractivity contribution in [2.24, 2.45) is 0 Å². The van der Waals surface area contributed by atoms with Gasteiger partial charge in [0.05, 0.1) is 0 Å². The number of benzene rings is 2. The summed E-state index contributed by atoms with van der Waals surface area (Å²) in [6.45, 7) is 2.89. The van der Waals surface area contributed by atoms with E-state index >= 15 is 0 Å². The maximum atomic E-state index is 6.24. The Labute approximate surface area is 129 Å². The summed E-state index contributed by atoms with van der Waals surface area (Å²) in [5.41, 5.74) is 2.32. The Hall–Kier alpha value is -1.90. The van der Waals surface area contributed by atoms with Gasteiger partial charge < -0.3 is 5.32 Å². The predicted octanol–water partition coefficient (Wildman–Crippen LogP) is 4.74. The lowest BCUT2D eigenvalue weighted by atomic mass is 10.1. The molecule has 1 aromatic heterocycles. The van der Waals surface area contributed by atoms with E-state index in [1.54, 1.807) is 0 Å². The number of pyridine rings is 1. The quantitative estimate of drug-likeness (QED) is 0.752. The third-order valence-electron chi connectivity index (χ3n) is 3.72. The second kappa shape index (κ2) is 6.25. The minimum Gasteiger partial charge on any atom is -0.306 e. The van der Waals surface area contributed by atoms with E-state index in [2.05, 4.69) is 41.5 Å². The van der Waals surface area contributed by atoms with Crippen molar-refractivity contribution in [3.05, 3.63) is 77.1 Å². The second-order valence-corrected chi connectivity index (χ2v) is 5.55. The molecule has 1 atom stereocenters. The Bertz CT molecular complexity index is 750. The molecule has 1 heterocycles. The van der Waals surface area contributed by atoms with Crippen molar-refractivity contribution in [1.82, 2.24) is 10.3 Å². The van der Waals surface area contributed by atoms with Crippen molar-refractivity contribution in [3.8, 4) is 0 Å². The van der Waals surface area contributed by atoms with E-state index in [4.69, 9.17) is 11.6 Å². The molecule has 0 aliphatic rings. The number of hydrogen-bond donors (Lipinski definition) is 1. The summed E-state index contributed by atoms with van der Waals surface area (Å²) in [6, 6.07) is 16.5. The van der Waals surface area contributed by atoms with Crippen LogP contribution in [-0.2, 0) is 6.54 Å². The lowest BCUT2D eigenvalue weighted by molar-refractivity contribution is 0.576. The van der Waals surface area contributed by atoms with Gasteiger partial charge in [0.15, 0.2) is 0 Å². The second-order valence-electron chi connectivity index (χ2n) is 5.14. The number of hydrogen-bond acceptors (Lipinski definition) is 2. The molecule has 0 unspecified atom stereocenters. The molecule has 0 aliphatic carbocycles. The Balaban J connectivity index is 1.79. The third kappa shape index (κ3) is 3.07. The minimum absolute atomic E-state index is 0.192. The molecule has 21 heavy (non-hydrogen) atoms. The largest absolute Gasteiger partial charge is 0.306 e. The molecule has 106 valence electrons. The zero-order valence-electron chi connectivity index (χ0n) is 11.9. The van der Waals surface area contributed by atoms with Crippen molar-refractivity contribution < 1.29 is 0 Å². The Morgan fingerprint density at radius 2 is 1.81 bits per heavy atom. The van der Waals surface area contributed by atoms with Crippen molar-refractivity contribution in [1.29, 1.82) is 0 Å². The first-order valence-electron chi connectivity index (χ1n) is 7.05. The van der Waals surface area contributed by atoms with E-state index in [-0.39, 0.29) is 6.04 Å². The third-order valence-corrected chi connectivity index (χ3v) is 4.07. The zero-order valence-corrected chi connectivity index (χ0v) is 12.6. The number of aromatic nitrogens is 1. The summed E-state index contributed by atoms with van der Waals surface area (Å²) >= 11 is 6.24. The summed E-state index contributed by atoms with van der Waals surface area (Å²) in [7, 11) is 0. The van der Waals surface area contributed by atoms with Crippen molar-refractivity contribution >= 4 is 22.4 Å². The van der Waals surface area contributed by atoms with E-state index in [1.165, 1.54) is 16.3 Å². The van der Waals surface area contributed by atoms with Gasteiger partial charge >= 0.3 is 0 Å². The molecular formula is C18H17ClN2. The van der Waals surface area contributed by atoms with E-state index in [0.717, 1.165) is 17.1 Å².